The molecule has 0 aliphatic carbocycles. The molecule has 4 heteroatoms. The van der Waals surface area contributed by atoms with Gasteiger partial charge in [-0.1, -0.05) is 29.8 Å². The highest BCUT2D eigenvalue weighted by Gasteiger charge is 2.11. The van der Waals surface area contributed by atoms with E-state index in [1.54, 1.807) is 14.2 Å². The first-order chi connectivity index (χ1) is 9.15. The minimum Gasteiger partial charge on any atom is -0.497 e. The fourth-order valence-corrected chi connectivity index (χ4v) is 2.15. The van der Waals surface area contributed by atoms with Crippen LogP contribution in [0.1, 0.15) is 17.2 Å². The lowest BCUT2D eigenvalue weighted by molar-refractivity contribution is 0.414. The number of hydrogen-bond acceptors (Lipinski definition) is 3. The molecule has 2 rings (SSSR count). The summed E-state index contributed by atoms with van der Waals surface area (Å²) in [5, 5.41) is 0.559. The first-order valence-corrected chi connectivity index (χ1v) is 6.26. The Labute approximate surface area is 117 Å². The summed E-state index contributed by atoms with van der Waals surface area (Å²) < 4.78 is 10.3. The van der Waals surface area contributed by atoms with Crippen molar-refractivity contribution in [2.45, 2.75) is 6.04 Å². The number of hydrogen-bond donors (Lipinski definition) is 1. The molecule has 0 fully saturated rings. The van der Waals surface area contributed by atoms with Gasteiger partial charge in [-0.3, -0.25) is 0 Å². The molecule has 0 heterocycles. The summed E-state index contributed by atoms with van der Waals surface area (Å²) >= 11 is 6.11. The Kier molecular flexibility index (Phi) is 4.30. The molecule has 1 unspecified atom stereocenters. The van der Waals surface area contributed by atoms with Crippen molar-refractivity contribution in [2.75, 3.05) is 14.2 Å². The lowest BCUT2D eigenvalue weighted by Gasteiger charge is -2.14. The molecule has 2 N–H and O–H groups in total. The van der Waals surface area contributed by atoms with Gasteiger partial charge in [0, 0.05) is 0 Å². The molecule has 0 saturated carbocycles. The highest BCUT2D eigenvalue weighted by Crippen LogP contribution is 2.29. The Bertz CT molecular complexity index is 555. The maximum absolute atomic E-state index is 6.23. The van der Waals surface area contributed by atoms with E-state index in [0.717, 1.165) is 16.9 Å². The van der Waals surface area contributed by atoms with Crippen LogP contribution in [0, 0.1) is 0 Å². The zero-order valence-corrected chi connectivity index (χ0v) is 11.6. The predicted molar refractivity (Wildman–Crippen MR) is 77.0 cm³/mol. The van der Waals surface area contributed by atoms with Crippen LogP contribution in [0.4, 0.5) is 0 Å². The summed E-state index contributed by atoms with van der Waals surface area (Å²) in [6.45, 7) is 0. The second kappa shape index (κ2) is 5.95. The van der Waals surface area contributed by atoms with Gasteiger partial charge in [-0.15, -0.1) is 0 Å². The Morgan fingerprint density at radius 1 is 0.947 bits per heavy atom. The van der Waals surface area contributed by atoms with Crippen LogP contribution >= 0.6 is 11.6 Å². The van der Waals surface area contributed by atoms with Gasteiger partial charge in [-0.2, -0.15) is 0 Å². The van der Waals surface area contributed by atoms with Gasteiger partial charge in [-0.05, 0) is 35.4 Å². The van der Waals surface area contributed by atoms with Gasteiger partial charge in [0.25, 0.3) is 0 Å². The van der Waals surface area contributed by atoms with E-state index in [1.165, 1.54) is 0 Å². The van der Waals surface area contributed by atoms with Gasteiger partial charge in [0.2, 0.25) is 0 Å². The van der Waals surface area contributed by atoms with Crippen LogP contribution in [0.15, 0.2) is 42.5 Å². The summed E-state index contributed by atoms with van der Waals surface area (Å²) in [5.41, 5.74) is 8.17. The molecule has 0 radical (unpaired) electrons. The summed E-state index contributed by atoms with van der Waals surface area (Å²) in [5.74, 6) is 1.45. The van der Waals surface area contributed by atoms with Crippen LogP contribution in [0.5, 0.6) is 11.5 Å². The van der Waals surface area contributed by atoms with Gasteiger partial charge in [0.05, 0.1) is 25.3 Å². The van der Waals surface area contributed by atoms with Crippen molar-refractivity contribution >= 4 is 11.6 Å². The maximum Gasteiger partial charge on any atom is 0.137 e. The van der Waals surface area contributed by atoms with Gasteiger partial charge in [0.1, 0.15) is 11.5 Å². The molecule has 0 amide bonds. The zero-order valence-electron chi connectivity index (χ0n) is 10.9. The zero-order chi connectivity index (χ0) is 13.8. The van der Waals surface area contributed by atoms with E-state index in [9.17, 15) is 0 Å². The lowest BCUT2D eigenvalue weighted by Crippen LogP contribution is -2.11. The molecule has 0 aromatic heterocycles. The minimum absolute atomic E-state index is 0.227. The normalized spacial score (nSPS) is 12.0. The smallest absolute Gasteiger partial charge is 0.137 e. The molecule has 0 aliphatic heterocycles. The van der Waals surface area contributed by atoms with Crippen LogP contribution in [0.2, 0.25) is 5.02 Å². The number of halogens is 1. The highest BCUT2D eigenvalue weighted by atomic mass is 35.5. The van der Waals surface area contributed by atoms with Crippen molar-refractivity contribution in [3.63, 3.8) is 0 Å². The number of ether oxygens (including phenoxy) is 2. The first-order valence-electron chi connectivity index (χ1n) is 5.88. The fraction of sp³-hybridized carbons (Fsp3) is 0.200. The third kappa shape index (κ3) is 3.00. The molecule has 0 aliphatic rings. The van der Waals surface area contributed by atoms with Crippen molar-refractivity contribution in [3.8, 4) is 11.5 Å². The van der Waals surface area contributed by atoms with Gasteiger partial charge in [-0.25, -0.2) is 0 Å². The standard InChI is InChI=1S/C15H16ClNO2/c1-18-12-6-3-10(4-7-12)15(17)11-5-8-14(19-2)13(16)9-11/h3-9,15H,17H2,1-2H3. The molecule has 100 valence electrons. The van der Waals surface area contributed by atoms with E-state index in [1.807, 2.05) is 42.5 Å². The van der Waals surface area contributed by atoms with Crippen LogP contribution < -0.4 is 15.2 Å². The fourth-order valence-electron chi connectivity index (χ4n) is 1.88. The van der Waals surface area contributed by atoms with Crippen LogP contribution in [-0.4, -0.2) is 14.2 Å². The Morgan fingerprint density at radius 2 is 1.58 bits per heavy atom. The first kappa shape index (κ1) is 13.7. The number of nitrogens with two attached hydrogens (primary N) is 1. The Morgan fingerprint density at radius 3 is 2.11 bits per heavy atom. The lowest BCUT2D eigenvalue weighted by atomic mass is 9.99. The molecular weight excluding hydrogens is 262 g/mol. The minimum atomic E-state index is -0.227. The largest absolute Gasteiger partial charge is 0.497 e. The Hall–Kier alpha value is -1.71. The molecule has 19 heavy (non-hydrogen) atoms. The third-order valence-corrected chi connectivity index (χ3v) is 3.31. The molecule has 2 aromatic carbocycles. The Balaban J connectivity index is 2.27. The topological polar surface area (TPSA) is 44.5 Å². The predicted octanol–water partition coefficient (Wildman–Crippen LogP) is 3.41. The summed E-state index contributed by atoms with van der Waals surface area (Å²) in [4.78, 5) is 0. The van der Waals surface area contributed by atoms with E-state index in [0.29, 0.717) is 10.8 Å². The number of methoxy groups -OCH3 is 2. The summed E-state index contributed by atoms with van der Waals surface area (Å²) in [6.07, 6.45) is 0. The van der Waals surface area contributed by atoms with Crippen molar-refractivity contribution in [2.24, 2.45) is 5.73 Å². The SMILES string of the molecule is COc1ccc(C(N)c2ccc(OC)c(Cl)c2)cc1. The monoisotopic (exact) mass is 277 g/mol. The molecule has 0 saturated heterocycles. The number of rotatable bonds is 4. The quantitative estimate of drug-likeness (QED) is 0.931. The van der Waals surface area contributed by atoms with Gasteiger partial charge in [0.15, 0.2) is 0 Å². The van der Waals surface area contributed by atoms with Crippen molar-refractivity contribution in [3.05, 3.63) is 58.6 Å². The van der Waals surface area contributed by atoms with Crippen molar-refractivity contribution < 1.29 is 9.47 Å². The second-order valence-electron chi connectivity index (χ2n) is 4.14. The molecule has 1 atom stereocenters. The molecule has 2 aromatic rings. The average molecular weight is 278 g/mol. The highest BCUT2D eigenvalue weighted by molar-refractivity contribution is 6.32. The third-order valence-electron chi connectivity index (χ3n) is 3.01. The summed E-state index contributed by atoms with van der Waals surface area (Å²) in [6, 6.07) is 13.0. The van der Waals surface area contributed by atoms with Crippen LogP contribution in [0.25, 0.3) is 0 Å². The molecule has 0 spiro atoms. The number of benzene rings is 2. The van der Waals surface area contributed by atoms with E-state index in [2.05, 4.69) is 0 Å². The molecule has 0 bridgehead atoms. The van der Waals surface area contributed by atoms with E-state index in [-0.39, 0.29) is 6.04 Å². The van der Waals surface area contributed by atoms with Gasteiger partial charge >= 0.3 is 0 Å². The maximum atomic E-state index is 6.23. The van der Waals surface area contributed by atoms with Crippen molar-refractivity contribution in [1.29, 1.82) is 0 Å². The van der Waals surface area contributed by atoms with E-state index >= 15 is 0 Å². The van der Waals surface area contributed by atoms with Gasteiger partial charge < -0.3 is 15.2 Å². The molecular formula is C15H16ClNO2. The van der Waals surface area contributed by atoms with E-state index in [4.69, 9.17) is 26.8 Å². The average Bonchev–Trinajstić information content (AvgIpc) is 2.46. The summed E-state index contributed by atoms with van der Waals surface area (Å²) in [7, 11) is 3.22. The van der Waals surface area contributed by atoms with E-state index < -0.39 is 0 Å². The molecule has 3 nitrogen and oxygen atoms in total. The van der Waals surface area contributed by atoms with Crippen molar-refractivity contribution in [1.82, 2.24) is 0 Å². The van der Waals surface area contributed by atoms with Crippen LogP contribution in [-0.2, 0) is 0 Å². The second-order valence-corrected chi connectivity index (χ2v) is 4.55. The van der Waals surface area contributed by atoms with Crippen LogP contribution in [0.3, 0.4) is 0 Å².